The molecule has 0 atom stereocenters. The van der Waals surface area contributed by atoms with E-state index in [2.05, 4.69) is 4.74 Å². The van der Waals surface area contributed by atoms with Gasteiger partial charge in [0.05, 0.1) is 13.4 Å². The Labute approximate surface area is 36.2 Å². The summed E-state index contributed by atoms with van der Waals surface area (Å²) in [7, 11) is 1.54. The minimum atomic E-state index is 1.31. The van der Waals surface area contributed by atoms with Gasteiger partial charge in [-0.1, -0.05) is 11.6 Å². The van der Waals surface area contributed by atoms with Gasteiger partial charge in [-0.15, -0.1) is 0 Å². The van der Waals surface area contributed by atoms with Crippen LogP contribution in [0.4, 0.5) is 0 Å². The molecule has 0 aliphatic heterocycles. The van der Waals surface area contributed by atoms with E-state index in [0.29, 0.717) is 0 Å². The van der Waals surface area contributed by atoms with Crippen LogP contribution in [0.3, 0.4) is 0 Å². The van der Waals surface area contributed by atoms with E-state index in [1.165, 1.54) is 11.8 Å². The second-order valence-corrected chi connectivity index (χ2v) is 0.750. The summed E-state index contributed by atoms with van der Waals surface area (Å²) >= 11 is 5.00. The van der Waals surface area contributed by atoms with Gasteiger partial charge in [0.1, 0.15) is 0 Å². The third kappa shape index (κ3) is 3.83. The Morgan fingerprint density at radius 3 is 2.40 bits per heavy atom. The molecule has 5 heavy (non-hydrogen) atoms. The highest BCUT2D eigenvalue weighted by Gasteiger charge is 1.49. The minimum Gasteiger partial charge on any atom is -0.503 e. The summed E-state index contributed by atoms with van der Waals surface area (Å²) in [4.78, 5) is 0. The van der Waals surface area contributed by atoms with Gasteiger partial charge < -0.3 is 4.74 Å². The molecule has 0 N–H and O–H groups in total. The van der Waals surface area contributed by atoms with Crippen molar-refractivity contribution >= 4 is 11.6 Å². The summed E-state index contributed by atoms with van der Waals surface area (Å²) < 4.78 is 4.38. The summed E-state index contributed by atoms with van der Waals surface area (Å²) in [5.41, 5.74) is 1.31. The van der Waals surface area contributed by atoms with Crippen LogP contribution in [0.5, 0.6) is 0 Å². The van der Waals surface area contributed by atoms with Crippen molar-refractivity contribution in [1.29, 1.82) is 0 Å². The maximum atomic E-state index is 5.00. The molecular weight excluding hydrogens is 87.5 g/mol. The lowest BCUT2D eigenvalue weighted by atomic mass is 11.1. The molecule has 0 radical (unpaired) electrons. The number of rotatable bonds is 1. The molecule has 0 unspecified atom stereocenters. The topological polar surface area (TPSA) is 9.23 Å². The molecule has 0 saturated heterocycles. The minimum absolute atomic E-state index is 1.31. The molecule has 0 bridgehead atoms. The average molecular weight is 92.5 g/mol. The fourth-order valence-corrected chi connectivity index (χ4v) is 0.154. The Bertz CT molecular complexity index is 33.9. The quantitative estimate of drug-likeness (QED) is 0.444. The molecule has 0 aliphatic rings. The summed E-state index contributed by atoms with van der Waals surface area (Å²) in [6.45, 7) is 0. The summed E-state index contributed by atoms with van der Waals surface area (Å²) in [6, 6.07) is 0. The van der Waals surface area contributed by atoms with Gasteiger partial charge in [0.2, 0.25) is 0 Å². The van der Waals surface area contributed by atoms with Crippen LogP contribution in [0.15, 0.2) is 11.8 Å². The van der Waals surface area contributed by atoms with Crippen molar-refractivity contribution in [1.82, 2.24) is 0 Å². The maximum absolute atomic E-state index is 5.00. The van der Waals surface area contributed by atoms with E-state index >= 15 is 0 Å². The molecule has 0 rings (SSSR count). The highest BCUT2D eigenvalue weighted by Crippen LogP contribution is 1.74. The highest BCUT2D eigenvalue weighted by atomic mass is 35.5. The van der Waals surface area contributed by atoms with Gasteiger partial charge in [-0.05, 0) is 0 Å². The second-order valence-electron chi connectivity index (χ2n) is 0.498. The Balaban J connectivity index is 2.62. The van der Waals surface area contributed by atoms with Gasteiger partial charge in [0.25, 0.3) is 0 Å². The lowest BCUT2D eigenvalue weighted by Crippen LogP contribution is -1.56. The largest absolute Gasteiger partial charge is 0.503 e. The van der Waals surface area contributed by atoms with Crippen LogP contribution in [0.2, 0.25) is 0 Å². The van der Waals surface area contributed by atoms with Crippen LogP contribution in [-0.4, -0.2) is 7.11 Å². The standard InChI is InChI=1S/C3H5ClO/c1-5-3-2-4/h2-3H,1H3. The van der Waals surface area contributed by atoms with Gasteiger partial charge in [-0.25, -0.2) is 0 Å². The van der Waals surface area contributed by atoms with Gasteiger partial charge in [0, 0.05) is 5.54 Å². The van der Waals surface area contributed by atoms with Crippen molar-refractivity contribution in [3.63, 3.8) is 0 Å². The zero-order valence-corrected chi connectivity index (χ0v) is 3.70. The van der Waals surface area contributed by atoms with E-state index in [9.17, 15) is 0 Å². The van der Waals surface area contributed by atoms with Gasteiger partial charge in [0.15, 0.2) is 0 Å². The average Bonchev–Trinajstić information content (AvgIpc) is 1.41. The van der Waals surface area contributed by atoms with Crippen molar-refractivity contribution in [2.24, 2.45) is 0 Å². The zero-order valence-electron chi connectivity index (χ0n) is 2.94. The lowest BCUT2D eigenvalue weighted by Gasteiger charge is -1.75. The molecule has 0 amide bonds. The monoisotopic (exact) mass is 92.0 g/mol. The second kappa shape index (κ2) is 3.83. The van der Waals surface area contributed by atoms with Crippen molar-refractivity contribution in [3.8, 4) is 0 Å². The molecular formula is C3H5ClO. The Morgan fingerprint density at radius 2 is 2.40 bits per heavy atom. The van der Waals surface area contributed by atoms with Crippen LogP contribution in [0.1, 0.15) is 0 Å². The lowest BCUT2D eigenvalue weighted by molar-refractivity contribution is 0.339. The fraction of sp³-hybridized carbons (Fsp3) is 0.333. The predicted molar refractivity (Wildman–Crippen MR) is 22.0 cm³/mol. The Kier molecular flexibility index (Phi) is 3.70. The molecule has 0 heterocycles. The van der Waals surface area contributed by atoms with Gasteiger partial charge in [-0.3, -0.25) is 0 Å². The van der Waals surface area contributed by atoms with Crippen LogP contribution in [0.25, 0.3) is 0 Å². The van der Waals surface area contributed by atoms with Gasteiger partial charge >= 0.3 is 0 Å². The molecule has 0 aromatic carbocycles. The van der Waals surface area contributed by atoms with Crippen molar-refractivity contribution < 1.29 is 4.74 Å². The van der Waals surface area contributed by atoms with E-state index in [1.54, 1.807) is 7.11 Å². The molecule has 30 valence electrons. The molecule has 0 spiro atoms. The first-order valence-corrected chi connectivity index (χ1v) is 1.63. The van der Waals surface area contributed by atoms with E-state index in [4.69, 9.17) is 11.6 Å². The number of hydrogen-bond donors (Lipinski definition) is 0. The van der Waals surface area contributed by atoms with E-state index in [1.807, 2.05) is 0 Å². The van der Waals surface area contributed by atoms with Crippen LogP contribution >= 0.6 is 11.6 Å². The Morgan fingerprint density at radius 1 is 1.80 bits per heavy atom. The summed E-state index contributed by atoms with van der Waals surface area (Å²) in [6.07, 6.45) is 1.39. The number of hydrogen-bond acceptors (Lipinski definition) is 1. The summed E-state index contributed by atoms with van der Waals surface area (Å²) in [5, 5.41) is 0. The predicted octanol–water partition coefficient (Wildman–Crippen LogP) is 1.34. The molecule has 0 aromatic rings. The molecule has 2 heteroatoms. The third-order valence-electron chi connectivity index (χ3n) is 0.188. The van der Waals surface area contributed by atoms with Crippen molar-refractivity contribution in [2.45, 2.75) is 0 Å². The van der Waals surface area contributed by atoms with E-state index in [-0.39, 0.29) is 0 Å². The number of methoxy groups -OCH3 is 1. The molecule has 0 aromatic heterocycles. The summed E-state index contributed by atoms with van der Waals surface area (Å²) in [5.74, 6) is 0. The van der Waals surface area contributed by atoms with Crippen molar-refractivity contribution in [3.05, 3.63) is 11.8 Å². The fourth-order valence-electron chi connectivity index (χ4n) is 0.0514. The maximum Gasteiger partial charge on any atom is 0.0937 e. The first-order valence-electron chi connectivity index (χ1n) is 1.20. The highest BCUT2D eigenvalue weighted by molar-refractivity contribution is 6.25. The SMILES string of the molecule is COC=CCl. The first kappa shape index (κ1) is 4.83. The number of ether oxygens (including phenoxy) is 1. The molecule has 0 saturated carbocycles. The Hall–Kier alpha value is -0.170. The van der Waals surface area contributed by atoms with Crippen LogP contribution in [-0.2, 0) is 4.74 Å². The molecule has 1 nitrogen and oxygen atoms in total. The van der Waals surface area contributed by atoms with Gasteiger partial charge in [-0.2, -0.15) is 0 Å². The molecule has 0 aliphatic carbocycles. The van der Waals surface area contributed by atoms with Crippen LogP contribution in [0, 0.1) is 0 Å². The zero-order chi connectivity index (χ0) is 4.12. The van der Waals surface area contributed by atoms with Crippen LogP contribution < -0.4 is 0 Å². The van der Waals surface area contributed by atoms with E-state index in [0.717, 1.165) is 0 Å². The third-order valence-corrected chi connectivity index (χ3v) is 0.290. The van der Waals surface area contributed by atoms with Crippen molar-refractivity contribution in [2.75, 3.05) is 7.11 Å². The smallest absolute Gasteiger partial charge is 0.0937 e. The number of halogens is 1. The normalized spacial score (nSPS) is 9.20. The van der Waals surface area contributed by atoms with E-state index < -0.39 is 0 Å². The molecule has 0 fully saturated rings. The first-order chi connectivity index (χ1) is 2.41.